The second-order valence-corrected chi connectivity index (χ2v) is 7.00. The van der Waals surface area contributed by atoms with Crippen LogP contribution >= 0.6 is 0 Å². The number of carbonyl (C=O) groups is 1. The molecule has 4 nitrogen and oxygen atoms in total. The van der Waals surface area contributed by atoms with E-state index >= 15 is 0 Å². The quantitative estimate of drug-likeness (QED) is 0.726. The van der Waals surface area contributed by atoms with Gasteiger partial charge in [-0.1, -0.05) is 55.5 Å². The number of hydrogen-bond donors (Lipinski definition) is 0. The molecule has 0 saturated carbocycles. The second-order valence-electron chi connectivity index (χ2n) is 7.00. The monoisotopic (exact) mass is 379 g/mol. The maximum atomic E-state index is 11.8. The van der Waals surface area contributed by atoms with Crippen LogP contribution < -0.4 is 4.74 Å². The van der Waals surface area contributed by atoms with Gasteiger partial charge in [0.15, 0.2) is 0 Å². The van der Waals surface area contributed by atoms with Gasteiger partial charge in [-0.3, -0.25) is 9.69 Å². The van der Waals surface area contributed by atoms with Crippen LogP contribution in [0, 0.1) is 0 Å². The van der Waals surface area contributed by atoms with Gasteiger partial charge in [0.25, 0.3) is 0 Å². The van der Waals surface area contributed by atoms with Gasteiger partial charge < -0.3 is 9.47 Å². The number of fused-ring (bicyclic) bond motifs is 2. The van der Waals surface area contributed by atoms with Crippen LogP contribution in [0.15, 0.2) is 54.1 Å². The Balaban J connectivity index is 0.00000225. The first-order valence-electron chi connectivity index (χ1n) is 9.66. The summed E-state index contributed by atoms with van der Waals surface area (Å²) in [6.45, 7) is 5.02. The van der Waals surface area contributed by atoms with Crippen LogP contribution in [0.2, 0.25) is 0 Å². The average molecular weight is 380 g/mol. The Morgan fingerprint density at radius 2 is 1.71 bits per heavy atom. The van der Waals surface area contributed by atoms with Crippen LogP contribution in [0.25, 0.3) is 5.57 Å². The summed E-state index contributed by atoms with van der Waals surface area (Å²) in [6, 6.07) is 16.8. The molecule has 0 amide bonds. The van der Waals surface area contributed by atoms with Crippen LogP contribution in [0.3, 0.4) is 0 Å². The third kappa shape index (κ3) is 4.12. The maximum Gasteiger partial charge on any atom is 0.320 e. The maximum absolute atomic E-state index is 11.8. The van der Waals surface area contributed by atoms with Gasteiger partial charge in [0.05, 0.1) is 13.2 Å². The highest BCUT2D eigenvalue weighted by Crippen LogP contribution is 2.40. The summed E-state index contributed by atoms with van der Waals surface area (Å²) in [4.78, 5) is 14.0. The Labute approximate surface area is 167 Å². The minimum atomic E-state index is -0.132. The summed E-state index contributed by atoms with van der Waals surface area (Å²) in [6.07, 6.45) is 1.91. The van der Waals surface area contributed by atoms with E-state index in [1.165, 1.54) is 27.8 Å². The number of ether oxygens (including phenoxy) is 2. The fraction of sp³-hybridized carbons (Fsp3) is 0.375. The lowest BCUT2D eigenvalue weighted by Crippen LogP contribution is -2.36. The highest BCUT2D eigenvalue weighted by atomic mass is 16.5. The number of esters is 1. The number of rotatable bonds is 3. The minimum Gasteiger partial charge on any atom is -0.488 e. The van der Waals surface area contributed by atoms with Gasteiger partial charge >= 0.3 is 5.97 Å². The molecule has 2 aliphatic rings. The molecular weight excluding hydrogens is 350 g/mol. The summed E-state index contributed by atoms with van der Waals surface area (Å²) < 4.78 is 11.2. The van der Waals surface area contributed by atoms with Crippen molar-refractivity contribution in [1.82, 2.24) is 4.90 Å². The smallest absolute Gasteiger partial charge is 0.320 e. The normalized spacial score (nSPS) is 16.2. The van der Waals surface area contributed by atoms with E-state index in [-0.39, 0.29) is 13.4 Å². The molecule has 2 aromatic rings. The predicted octanol–water partition coefficient (Wildman–Crippen LogP) is 4.68. The Morgan fingerprint density at radius 1 is 1.04 bits per heavy atom. The van der Waals surface area contributed by atoms with E-state index < -0.39 is 0 Å². The zero-order valence-corrected chi connectivity index (χ0v) is 15.7. The lowest BCUT2D eigenvalue weighted by molar-refractivity contribution is -0.144. The van der Waals surface area contributed by atoms with Crippen LogP contribution in [0.4, 0.5) is 0 Å². The second kappa shape index (κ2) is 9.07. The lowest BCUT2D eigenvalue weighted by Gasteiger charge is -2.29. The molecule has 2 aromatic carbocycles. The Kier molecular flexibility index (Phi) is 6.53. The predicted molar refractivity (Wildman–Crippen MR) is 112 cm³/mol. The van der Waals surface area contributed by atoms with Crippen molar-refractivity contribution >= 4 is 11.5 Å². The highest BCUT2D eigenvalue weighted by molar-refractivity contribution is 5.87. The Hall–Kier alpha value is -2.59. The number of benzene rings is 2. The number of nitrogens with zero attached hydrogens (tertiary/aromatic N) is 1. The molecule has 4 heteroatoms. The van der Waals surface area contributed by atoms with Crippen molar-refractivity contribution in [2.24, 2.45) is 0 Å². The lowest BCUT2D eigenvalue weighted by atomic mass is 9.86. The van der Waals surface area contributed by atoms with Crippen LogP contribution in [0.5, 0.6) is 5.75 Å². The van der Waals surface area contributed by atoms with E-state index in [2.05, 4.69) is 47.4 Å². The fourth-order valence-electron chi connectivity index (χ4n) is 3.99. The van der Waals surface area contributed by atoms with E-state index in [0.29, 0.717) is 19.8 Å². The number of para-hydroxylation sites is 1. The SMILES string of the molecule is C.CCOC(=O)CN1CCC(=C2c3ccccc3COc3ccccc32)CC1. The van der Waals surface area contributed by atoms with Crippen LogP contribution in [-0.2, 0) is 16.1 Å². The molecule has 2 aliphatic heterocycles. The Bertz CT molecular complexity index is 812. The van der Waals surface area contributed by atoms with Gasteiger partial charge in [0.2, 0.25) is 0 Å². The molecule has 0 unspecified atom stereocenters. The molecule has 4 rings (SSSR count). The highest BCUT2D eigenvalue weighted by Gasteiger charge is 2.25. The number of carbonyl (C=O) groups excluding carboxylic acids is 1. The standard InChI is InChI=1S/C23H25NO3.CH4/c1-2-26-22(25)15-24-13-11-17(12-14-24)23-19-8-4-3-7-18(19)16-27-21-10-6-5-9-20(21)23;/h3-10H,2,11-16H2,1H3;1H4. The molecule has 1 fully saturated rings. The van der Waals surface area contributed by atoms with E-state index in [1.807, 2.05) is 13.0 Å². The van der Waals surface area contributed by atoms with E-state index in [1.54, 1.807) is 0 Å². The van der Waals surface area contributed by atoms with Crippen molar-refractivity contribution in [2.75, 3.05) is 26.2 Å². The minimum absolute atomic E-state index is 0. The molecule has 0 atom stereocenters. The summed E-state index contributed by atoms with van der Waals surface area (Å²) >= 11 is 0. The summed E-state index contributed by atoms with van der Waals surface area (Å²) in [5, 5.41) is 0. The summed E-state index contributed by atoms with van der Waals surface area (Å²) in [5.41, 5.74) is 6.44. The third-order valence-corrected chi connectivity index (χ3v) is 5.30. The van der Waals surface area contributed by atoms with Gasteiger partial charge in [0, 0.05) is 18.7 Å². The molecule has 28 heavy (non-hydrogen) atoms. The topological polar surface area (TPSA) is 38.8 Å². The van der Waals surface area contributed by atoms with Crippen LogP contribution in [0.1, 0.15) is 43.9 Å². The van der Waals surface area contributed by atoms with E-state index in [9.17, 15) is 4.79 Å². The summed E-state index contributed by atoms with van der Waals surface area (Å²) in [7, 11) is 0. The van der Waals surface area contributed by atoms with E-state index in [4.69, 9.17) is 9.47 Å². The third-order valence-electron chi connectivity index (χ3n) is 5.30. The molecule has 0 bridgehead atoms. The Morgan fingerprint density at radius 3 is 2.46 bits per heavy atom. The zero-order valence-electron chi connectivity index (χ0n) is 15.7. The molecular formula is C24H29NO3. The van der Waals surface area contributed by atoms with Crippen molar-refractivity contribution in [3.05, 3.63) is 70.8 Å². The first-order valence-corrected chi connectivity index (χ1v) is 9.66. The largest absolute Gasteiger partial charge is 0.488 e. The van der Waals surface area contributed by atoms with Crippen molar-refractivity contribution in [2.45, 2.75) is 33.8 Å². The molecule has 2 heterocycles. The number of likely N-dealkylation sites (tertiary alicyclic amines) is 1. The van der Waals surface area contributed by atoms with Crippen molar-refractivity contribution < 1.29 is 14.3 Å². The number of hydrogen-bond acceptors (Lipinski definition) is 4. The first-order chi connectivity index (χ1) is 13.3. The van der Waals surface area contributed by atoms with Gasteiger partial charge in [0.1, 0.15) is 12.4 Å². The zero-order chi connectivity index (χ0) is 18.6. The molecule has 0 radical (unpaired) electrons. The average Bonchev–Trinajstić information content (AvgIpc) is 2.86. The molecule has 0 aliphatic carbocycles. The van der Waals surface area contributed by atoms with Crippen molar-refractivity contribution in [3.8, 4) is 5.75 Å². The van der Waals surface area contributed by atoms with E-state index in [0.717, 1.165) is 31.7 Å². The van der Waals surface area contributed by atoms with Gasteiger partial charge in [-0.05, 0) is 42.5 Å². The van der Waals surface area contributed by atoms with Crippen LogP contribution in [-0.4, -0.2) is 37.1 Å². The van der Waals surface area contributed by atoms with Gasteiger partial charge in [-0.25, -0.2) is 0 Å². The van der Waals surface area contributed by atoms with Crippen molar-refractivity contribution in [1.29, 1.82) is 0 Å². The first kappa shape index (κ1) is 20.2. The molecule has 0 aromatic heterocycles. The van der Waals surface area contributed by atoms with Gasteiger partial charge in [-0.2, -0.15) is 0 Å². The van der Waals surface area contributed by atoms with Gasteiger partial charge in [-0.15, -0.1) is 0 Å². The fourth-order valence-corrected chi connectivity index (χ4v) is 3.99. The molecule has 0 spiro atoms. The number of piperidine rings is 1. The molecule has 0 N–H and O–H groups in total. The summed E-state index contributed by atoms with van der Waals surface area (Å²) in [5.74, 6) is 0.817. The van der Waals surface area contributed by atoms with Crippen molar-refractivity contribution in [3.63, 3.8) is 0 Å². The molecule has 148 valence electrons. The molecule has 1 saturated heterocycles.